The molecule has 152 valence electrons. The molecule has 0 aliphatic rings. The Morgan fingerprint density at radius 2 is 1.79 bits per heavy atom. The minimum atomic E-state index is -0.940. The Hall–Kier alpha value is -3.08. The van der Waals surface area contributed by atoms with Gasteiger partial charge in [-0.25, -0.2) is 0 Å². The SMILES string of the molecule is CCCCCc1c(CC)c(C(=O)C(N)=O)c2c(OCc3ccccc3)cccn12. The van der Waals surface area contributed by atoms with Gasteiger partial charge in [-0.15, -0.1) is 0 Å². The number of fused-ring (bicyclic) bond motifs is 1. The molecule has 2 heterocycles. The van der Waals surface area contributed by atoms with Gasteiger partial charge in [0.05, 0.1) is 11.1 Å². The van der Waals surface area contributed by atoms with Crippen molar-refractivity contribution < 1.29 is 14.3 Å². The highest BCUT2D eigenvalue weighted by Gasteiger charge is 2.27. The number of nitrogens with two attached hydrogens (primary N) is 1. The van der Waals surface area contributed by atoms with E-state index in [0.717, 1.165) is 42.5 Å². The van der Waals surface area contributed by atoms with E-state index in [1.807, 2.05) is 60.0 Å². The average Bonchev–Trinajstić information content (AvgIpc) is 3.06. The van der Waals surface area contributed by atoms with Crippen LogP contribution in [0.25, 0.3) is 5.52 Å². The van der Waals surface area contributed by atoms with Gasteiger partial charge in [-0.1, -0.05) is 57.0 Å². The predicted octanol–water partition coefficient (Wildman–Crippen LogP) is 4.48. The van der Waals surface area contributed by atoms with Gasteiger partial charge >= 0.3 is 0 Å². The zero-order valence-corrected chi connectivity index (χ0v) is 17.1. The smallest absolute Gasteiger partial charge is 0.289 e. The lowest BCUT2D eigenvalue weighted by Crippen LogP contribution is -2.24. The highest BCUT2D eigenvalue weighted by atomic mass is 16.5. The fraction of sp³-hybridized carbons (Fsp3) is 0.333. The molecule has 0 unspecified atom stereocenters. The number of rotatable bonds is 10. The quantitative estimate of drug-likeness (QED) is 0.314. The fourth-order valence-corrected chi connectivity index (χ4v) is 3.80. The van der Waals surface area contributed by atoms with Crippen molar-refractivity contribution in [3.63, 3.8) is 0 Å². The Kier molecular flexibility index (Phi) is 6.70. The maximum absolute atomic E-state index is 12.8. The Labute approximate surface area is 171 Å². The maximum Gasteiger partial charge on any atom is 0.289 e. The van der Waals surface area contributed by atoms with Crippen LogP contribution < -0.4 is 10.5 Å². The van der Waals surface area contributed by atoms with E-state index < -0.39 is 11.7 Å². The van der Waals surface area contributed by atoms with Gasteiger partial charge in [0, 0.05) is 11.9 Å². The molecule has 3 aromatic rings. The second-order valence-electron chi connectivity index (χ2n) is 7.17. The number of pyridine rings is 1. The summed E-state index contributed by atoms with van der Waals surface area (Å²) in [7, 11) is 0. The summed E-state index contributed by atoms with van der Waals surface area (Å²) >= 11 is 0. The summed E-state index contributed by atoms with van der Waals surface area (Å²) in [6.07, 6.45) is 6.67. The zero-order chi connectivity index (χ0) is 20.8. The number of primary amides is 1. The Morgan fingerprint density at radius 1 is 1.03 bits per heavy atom. The first-order valence-electron chi connectivity index (χ1n) is 10.2. The van der Waals surface area contributed by atoms with Crippen LogP contribution in [0.5, 0.6) is 5.75 Å². The summed E-state index contributed by atoms with van der Waals surface area (Å²) in [5, 5.41) is 0. The van der Waals surface area contributed by atoms with E-state index in [2.05, 4.69) is 6.92 Å². The van der Waals surface area contributed by atoms with Gasteiger partial charge < -0.3 is 14.9 Å². The monoisotopic (exact) mass is 392 g/mol. The van der Waals surface area contributed by atoms with Gasteiger partial charge in [0.25, 0.3) is 11.7 Å². The van der Waals surface area contributed by atoms with Crippen LogP contribution in [0.4, 0.5) is 0 Å². The lowest BCUT2D eigenvalue weighted by Gasteiger charge is -2.10. The van der Waals surface area contributed by atoms with Crippen molar-refractivity contribution in [2.24, 2.45) is 5.73 Å². The van der Waals surface area contributed by atoms with Crippen molar-refractivity contribution >= 4 is 17.2 Å². The summed E-state index contributed by atoms with van der Waals surface area (Å²) < 4.78 is 8.09. The normalized spacial score (nSPS) is 11.0. The lowest BCUT2D eigenvalue weighted by atomic mass is 10.00. The zero-order valence-electron chi connectivity index (χ0n) is 17.1. The van der Waals surface area contributed by atoms with Crippen molar-refractivity contribution in [2.75, 3.05) is 0 Å². The van der Waals surface area contributed by atoms with Crippen LogP contribution in [-0.2, 0) is 24.2 Å². The lowest BCUT2D eigenvalue weighted by molar-refractivity contribution is -0.114. The van der Waals surface area contributed by atoms with Crippen molar-refractivity contribution in [3.8, 4) is 5.75 Å². The first-order chi connectivity index (χ1) is 14.1. The molecule has 2 aromatic heterocycles. The summed E-state index contributed by atoms with van der Waals surface area (Å²) in [4.78, 5) is 24.6. The van der Waals surface area contributed by atoms with E-state index >= 15 is 0 Å². The van der Waals surface area contributed by atoms with E-state index in [1.54, 1.807) is 0 Å². The second kappa shape index (κ2) is 9.41. The third-order valence-corrected chi connectivity index (χ3v) is 5.19. The third-order valence-electron chi connectivity index (χ3n) is 5.19. The molecule has 0 aliphatic carbocycles. The van der Waals surface area contributed by atoms with E-state index in [9.17, 15) is 9.59 Å². The first-order valence-corrected chi connectivity index (χ1v) is 10.2. The number of benzene rings is 1. The number of hydrogen-bond acceptors (Lipinski definition) is 3. The van der Waals surface area contributed by atoms with E-state index in [4.69, 9.17) is 10.5 Å². The van der Waals surface area contributed by atoms with Crippen LogP contribution in [0.1, 0.15) is 60.3 Å². The number of carbonyl (C=O) groups is 2. The molecule has 29 heavy (non-hydrogen) atoms. The Balaban J connectivity index is 2.12. The summed E-state index contributed by atoms with van der Waals surface area (Å²) in [6, 6.07) is 13.6. The average molecular weight is 392 g/mol. The van der Waals surface area contributed by atoms with Crippen molar-refractivity contribution in [1.82, 2.24) is 4.40 Å². The number of aryl methyl sites for hydroxylation is 1. The van der Waals surface area contributed by atoms with Gasteiger partial charge in [0.2, 0.25) is 0 Å². The maximum atomic E-state index is 12.8. The van der Waals surface area contributed by atoms with Gasteiger partial charge in [-0.2, -0.15) is 0 Å². The summed E-state index contributed by atoms with van der Waals surface area (Å²) in [5.41, 5.74) is 9.39. The Morgan fingerprint density at radius 3 is 2.45 bits per heavy atom. The molecule has 0 aliphatic heterocycles. The molecule has 1 amide bonds. The van der Waals surface area contributed by atoms with Crippen molar-refractivity contribution in [2.45, 2.75) is 52.6 Å². The number of hydrogen-bond donors (Lipinski definition) is 1. The number of amides is 1. The molecule has 0 saturated carbocycles. The van der Waals surface area contributed by atoms with Crippen LogP contribution >= 0.6 is 0 Å². The number of unbranched alkanes of at least 4 members (excludes halogenated alkanes) is 2. The van der Waals surface area contributed by atoms with E-state index in [1.165, 1.54) is 0 Å². The van der Waals surface area contributed by atoms with Crippen LogP contribution in [-0.4, -0.2) is 16.1 Å². The number of carbonyl (C=O) groups excluding carboxylic acids is 2. The molecule has 1 aromatic carbocycles. The van der Waals surface area contributed by atoms with Gasteiger partial charge in [0.1, 0.15) is 12.4 Å². The topological polar surface area (TPSA) is 73.8 Å². The standard InChI is InChI=1S/C24H28N2O3/c1-3-5-7-13-19-18(4-2)21(23(27)24(25)28)22-20(14-10-15-26(19)22)29-16-17-11-8-6-9-12-17/h6,8-12,14-15H,3-5,7,13,16H2,1-2H3,(H2,25,28). The van der Waals surface area contributed by atoms with Crippen molar-refractivity contribution in [1.29, 1.82) is 0 Å². The number of ether oxygens (including phenoxy) is 1. The minimum absolute atomic E-state index is 0.378. The molecule has 0 bridgehead atoms. The van der Waals surface area contributed by atoms with Crippen molar-refractivity contribution in [3.05, 3.63) is 71.0 Å². The molecular weight excluding hydrogens is 364 g/mol. The number of aromatic nitrogens is 1. The van der Waals surface area contributed by atoms with Crippen LogP contribution in [0.15, 0.2) is 48.7 Å². The number of Topliss-reactive ketones (excluding diaryl/α,β-unsaturated/α-hetero) is 1. The molecule has 2 N–H and O–H groups in total. The summed E-state index contributed by atoms with van der Waals surface area (Å²) in [5.74, 6) is -1.01. The second-order valence-corrected chi connectivity index (χ2v) is 7.17. The van der Waals surface area contributed by atoms with Gasteiger partial charge in [-0.3, -0.25) is 9.59 Å². The van der Waals surface area contributed by atoms with E-state index in [0.29, 0.717) is 29.9 Å². The fourth-order valence-electron chi connectivity index (χ4n) is 3.80. The molecule has 5 nitrogen and oxygen atoms in total. The number of ketones is 1. The van der Waals surface area contributed by atoms with Crippen LogP contribution in [0.3, 0.4) is 0 Å². The highest BCUT2D eigenvalue weighted by Crippen LogP contribution is 2.33. The molecule has 0 spiro atoms. The molecular formula is C24H28N2O3. The van der Waals surface area contributed by atoms with Crippen LogP contribution in [0, 0.1) is 0 Å². The molecule has 0 atom stereocenters. The minimum Gasteiger partial charge on any atom is -0.487 e. The molecule has 0 radical (unpaired) electrons. The van der Waals surface area contributed by atoms with Crippen LogP contribution in [0.2, 0.25) is 0 Å². The Bertz CT molecular complexity index is 1010. The number of nitrogens with zero attached hydrogens (tertiary/aromatic N) is 1. The van der Waals surface area contributed by atoms with Gasteiger partial charge in [0.15, 0.2) is 0 Å². The molecule has 3 rings (SSSR count). The first kappa shape index (κ1) is 20.6. The molecule has 5 heteroatoms. The highest BCUT2D eigenvalue weighted by molar-refractivity contribution is 6.44. The molecule has 0 fully saturated rings. The molecule has 0 saturated heterocycles. The largest absolute Gasteiger partial charge is 0.487 e. The summed E-state index contributed by atoms with van der Waals surface area (Å²) in [6.45, 7) is 4.54. The predicted molar refractivity (Wildman–Crippen MR) is 114 cm³/mol. The third kappa shape index (κ3) is 4.34. The van der Waals surface area contributed by atoms with Gasteiger partial charge in [-0.05, 0) is 42.5 Å². The van der Waals surface area contributed by atoms with E-state index in [-0.39, 0.29) is 0 Å².